The summed E-state index contributed by atoms with van der Waals surface area (Å²) in [7, 11) is 3.71. The van der Waals surface area contributed by atoms with Gasteiger partial charge in [-0.2, -0.15) is 0 Å². The van der Waals surface area contributed by atoms with Crippen LogP contribution in [0.4, 0.5) is 4.39 Å². The van der Waals surface area contributed by atoms with Gasteiger partial charge in [0, 0.05) is 38.3 Å². The van der Waals surface area contributed by atoms with Crippen molar-refractivity contribution in [3.05, 3.63) is 29.6 Å². The average Bonchev–Trinajstić information content (AvgIpc) is 2.42. The van der Waals surface area contributed by atoms with E-state index in [1.54, 1.807) is 13.2 Å². The lowest BCUT2D eigenvalue weighted by Gasteiger charge is -2.38. The van der Waals surface area contributed by atoms with Crippen LogP contribution in [-0.2, 0) is 0 Å². The number of ether oxygens (including phenoxy) is 1. The summed E-state index contributed by atoms with van der Waals surface area (Å²) in [6.45, 7) is 4.36. The number of methoxy groups -OCH3 is 1. The fraction of sp³-hybridized carbons (Fsp3) is 0.571. The van der Waals surface area contributed by atoms with E-state index >= 15 is 0 Å². The molecule has 1 aromatic rings. The van der Waals surface area contributed by atoms with Crippen LogP contribution < -0.4 is 10.5 Å². The lowest BCUT2D eigenvalue weighted by atomic mass is 10.0. The molecule has 5 heteroatoms. The normalized spacial score (nSPS) is 19.4. The van der Waals surface area contributed by atoms with Gasteiger partial charge in [0.05, 0.1) is 13.2 Å². The van der Waals surface area contributed by atoms with Crippen molar-refractivity contribution in [2.75, 3.05) is 46.9 Å². The lowest BCUT2D eigenvalue weighted by molar-refractivity contribution is 0.113. The summed E-state index contributed by atoms with van der Waals surface area (Å²) >= 11 is 0. The number of likely N-dealkylation sites (N-methyl/N-ethyl adjacent to an activating group) is 1. The zero-order valence-corrected chi connectivity index (χ0v) is 11.6. The second kappa shape index (κ2) is 6.32. The van der Waals surface area contributed by atoms with E-state index in [9.17, 15) is 4.39 Å². The third-order valence-electron chi connectivity index (χ3n) is 3.75. The summed E-state index contributed by atoms with van der Waals surface area (Å²) in [4.78, 5) is 4.59. The third-order valence-corrected chi connectivity index (χ3v) is 3.75. The van der Waals surface area contributed by atoms with Gasteiger partial charge in [-0.3, -0.25) is 4.90 Å². The Balaban J connectivity index is 2.23. The van der Waals surface area contributed by atoms with Crippen LogP contribution >= 0.6 is 0 Å². The molecule has 2 rings (SSSR count). The second-order valence-corrected chi connectivity index (χ2v) is 4.98. The summed E-state index contributed by atoms with van der Waals surface area (Å²) in [6.07, 6.45) is 0. The molecule has 0 aromatic heterocycles. The number of benzene rings is 1. The van der Waals surface area contributed by atoms with Gasteiger partial charge in [-0.25, -0.2) is 4.39 Å². The highest BCUT2D eigenvalue weighted by atomic mass is 19.1. The Morgan fingerprint density at radius 3 is 2.58 bits per heavy atom. The Bertz CT molecular complexity index is 419. The van der Waals surface area contributed by atoms with Gasteiger partial charge in [-0.1, -0.05) is 0 Å². The van der Waals surface area contributed by atoms with Crippen molar-refractivity contribution in [3.8, 4) is 5.75 Å². The topological polar surface area (TPSA) is 41.7 Å². The van der Waals surface area contributed by atoms with Crippen molar-refractivity contribution in [3.63, 3.8) is 0 Å². The predicted molar refractivity (Wildman–Crippen MR) is 73.8 cm³/mol. The van der Waals surface area contributed by atoms with Gasteiger partial charge in [0.1, 0.15) is 11.6 Å². The highest BCUT2D eigenvalue weighted by Crippen LogP contribution is 2.30. The van der Waals surface area contributed by atoms with E-state index < -0.39 is 0 Å². The first-order chi connectivity index (χ1) is 9.15. The number of hydrogen-bond acceptors (Lipinski definition) is 4. The fourth-order valence-electron chi connectivity index (χ4n) is 2.57. The fourth-order valence-corrected chi connectivity index (χ4v) is 2.57. The van der Waals surface area contributed by atoms with Gasteiger partial charge in [0.25, 0.3) is 0 Å². The Morgan fingerprint density at radius 1 is 1.32 bits per heavy atom. The van der Waals surface area contributed by atoms with Crippen LogP contribution in [-0.4, -0.2) is 56.7 Å². The van der Waals surface area contributed by atoms with Crippen molar-refractivity contribution in [1.29, 1.82) is 0 Å². The molecule has 0 saturated carbocycles. The molecule has 1 heterocycles. The number of nitrogens with two attached hydrogens (primary N) is 1. The van der Waals surface area contributed by atoms with Gasteiger partial charge in [0.15, 0.2) is 0 Å². The largest absolute Gasteiger partial charge is 0.496 e. The monoisotopic (exact) mass is 267 g/mol. The Labute approximate surface area is 113 Å². The number of piperazine rings is 1. The van der Waals surface area contributed by atoms with E-state index in [2.05, 4.69) is 16.8 Å². The Hall–Kier alpha value is -1.17. The van der Waals surface area contributed by atoms with Gasteiger partial charge in [-0.15, -0.1) is 0 Å². The van der Waals surface area contributed by atoms with E-state index in [1.165, 1.54) is 12.1 Å². The van der Waals surface area contributed by atoms with Gasteiger partial charge in [0.2, 0.25) is 0 Å². The molecule has 0 spiro atoms. The van der Waals surface area contributed by atoms with E-state index in [4.69, 9.17) is 10.5 Å². The summed E-state index contributed by atoms with van der Waals surface area (Å²) in [5.41, 5.74) is 6.75. The second-order valence-electron chi connectivity index (χ2n) is 4.98. The predicted octanol–water partition coefficient (Wildman–Crippen LogP) is 1.08. The SMILES string of the molecule is COc1ccc(F)cc1C(CN)N1CCN(C)CC1. The molecule has 1 aromatic carbocycles. The maximum atomic E-state index is 13.5. The van der Waals surface area contributed by atoms with Crippen LogP contribution in [0.25, 0.3) is 0 Å². The maximum Gasteiger partial charge on any atom is 0.123 e. The van der Waals surface area contributed by atoms with Crippen LogP contribution in [0.5, 0.6) is 5.75 Å². The van der Waals surface area contributed by atoms with Gasteiger partial charge >= 0.3 is 0 Å². The first-order valence-corrected chi connectivity index (χ1v) is 6.61. The summed E-state index contributed by atoms with van der Waals surface area (Å²) in [6, 6.07) is 4.64. The van der Waals surface area contributed by atoms with E-state index in [0.29, 0.717) is 12.3 Å². The summed E-state index contributed by atoms with van der Waals surface area (Å²) < 4.78 is 18.8. The van der Waals surface area contributed by atoms with Crippen molar-refractivity contribution in [2.24, 2.45) is 5.73 Å². The summed E-state index contributed by atoms with van der Waals surface area (Å²) in [5, 5.41) is 0. The quantitative estimate of drug-likeness (QED) is 0.886. The molecule has 1 aliphatic rings. The Morgan fingerprint density at radius 2 is 2.00 bits per heavy atom. The molecule has 0 radical (unpaired) electrons. The number of halogens is 1. The number of hydrogen-bond donors (Lipinski definition) is 1. The minimum absolute atomic E-state index is 0.0133. The number of rotatable bonds is 4. The molecule has 1 atom stereocenters. The molecule has 4 nitrogen and oxygen atoms in total. The maximum absolute atomic E-state index is 13.5. The van der Waals surface area contributed by atoms with Crippen LogP contribution in [0.2, 0.25) is 0 Å². The third kappa shape index (κ3) is 3.23. The van der Waals surface area contributed by atoms with E-state index in [-0.39, 0.29) is 11.9 Å². The van der Waals surface area contributed by atoms with Crippen molar-refractivity contribution in [2.45, 2.75) is 6.04 Å². The molecule has 106 valence electrons. The molecule has 1 fully saturated rings. The standard InChI is InChI=1S/C14H22FN3O/c1-17-5-7-18(8-6-17)13(10-16)12-9-11(15)3-4-14(12)19-2/h3-4,9,13H,5-8,10,16H2,1-2H3. The summed E-state index contributed by atoms with van der Waals surface area (Å²) in [5.74, 6) is 0.458. The molecule has 0 bridgehead atoms. The molecule has 1 saturated heterocycles. The zero-order chi connectivity index (χ0) is 13.8. The molecule has 1 aliphatic heterocycles. The zero-order valence-electron chi connectivity index (χ0n) is 11.6. The molecular formula is C14H22FN3O. The van der Waals surface area contributed by atoms with E-state index in [1.807, 2.05) is 0 Å². The molecule has 0 aliphatic carbocycles. The van der Waals surface area contributed by atoms with Crippen LogP contribution in [0.15, 0.2) is 18.2 Å². The molecule has 2 N–H and O–H groups in total. The molecular weight excluding hydrogens is 245 g/mol. The number of nitrogens with zero attached hydrogens (tertiary/aromatic N) is 2. The molecule has 1 unspecified atom stereocenters. The van der Waals surface area contributed by atoms with Gasteiger partial charge in [-0.05, 0) is 25.2 Å². The first-order valence-electron chi connectivity index (χ1n) is 6.61. The van der Waals surface area contributed by atoms with Crippen molar-refractivity contribution in [1.82, 2.24) is 9.80 Å². The average molecular weight is 267 g/mol. The highest BCUT2D eigenvalue weighted by molar-refractivity contribution is 5.37. The molecule has 0 amide bonds. The smallest absolute Gasteiger partial charge is 0.123 e. The first kappa shape index (κ1) is 14.2. The molecule has 19 heavy (non-hydrogen) atoms. The highest BCUT2D eigenvalue weighted by Gasteiger charge is 2.25. The van der Waals surface area contributed by atoms with Crippen molar-refractivity contribution >= 4 is 0 Å². The van der Waals surface area contributed by atoms with E-state index in [0.717, 1.165) is 31.7 Å². The van der Waals surface area contributed by atoms with Gasteiger partial charge < -0.3 is 15.4 Å². The van der Waals surface area contributed by atoms with Crippen LogP contribution in [0, 0.1) is 5.82 Å². The van der Waals surface area contributed by atoms with Crippen molar-refractivity contribution < 1.29 is 9.13 Å². The minimum atomic E-state index is -0.247. The lowest BCUT2D eigenvalue weighted by Crippen LogP contribution is -2.47. The van der Waals surface area contributed by atoms with Crippen LogP contribution in [0.3, 0.4) is 0 Å². The van der Waals surface area contributed by atoms with Crippen LogP contribution in [0.1, 0.15) is 11.6 Å². The Kier molecular flexibility index (Phi) is 4.74. The minimum Gasteiger partial charge on any atom is -0.496 e.